The summed E-state index contributed by atoms with van der Waals surface area (Å²) in [4.78, 5) is 0. The minimum Gasteiger partial charge on any atom is -0.0614 e. The van der Waals surface area contributed by atoms with Crippen molar-refractivity contribution in [2.75, 3.05) is 6.16 Å². The number of hydrogen-bond acceptors (Lipinski definition) is 0. The Balaban J connectivity index is 5.25. The van der Waals surface area contributed by atoms with Crippen molar-refractivity contribution in [1.29, 1.82) is 0 Å². The lowest BCUT2D eigenvalue weighted by Crippen LogP contribution is -2.35. The normalized spacial score (nSPS) is 14.1. The molecule has 0 heterocycles. The SMILES string of the molecule is CCC(C)(C)[P+](CC)(C(C)C)C(C)C. The van der Waals surface area contributed by atoms with Crippen LogP contribution in [0.1, 0.15) is 61.8 Å². The van der Waals surface area contributed by atoms with Gasteiger partial charge in [0.15, 0.2) is 0 Å². The average molecular weight is 217 g/mol. The summed E-state index contributed by atoms with van der Waals surface area (Å²) < 4.78 is 0. The molecule has 0 unspecified atom stereocenters. The summed E-state index contributed by atoms with van der Waals surface area (Å²) in [7, 11) is -0.824. The maximum absolute atomic E-state index is 2.49. The molecule has 0 rings (SSSR count). The fourth-order valence-electron chi connectivity index (χ4n) is 3.45. The van der Waals surface area contributed by atoms with Crippen LogP contribution in [0, 0.1) is 0 Å². The zero-order chi connectivity index (χ0) is 11.6. The fraction of sp³-hybridized carbons (Fsp3) is 1.00. The highest BCUT2D eigenvalue weighted by atomic mass is 31.2. The summed E-state index contributed by atoms with van der Waals surface area (Å²) in [6.07, 6.45) is 2.73. The molecule has 0 amide bonds. The predicted octanol–water partition coefficient (Wildman–Crippen LogP) is 5.03. The molecule has 0 fully saturated rings. The first kappa shape index (κ1) is 14.4. The molecule has 14 heavy (non-hydrogen) atoms. The third kappa shape index (κ3) is 2.16. The van der Waals surface area contributed by atoms with E-state index in [1.807, 2.05) is 0 Å². The molecule has 0 aromatic rings. The van der Waals surface area contributed by atoms with Gasteiger partial charge in [0.1, 0.15) is 0 Å². The first-order valence-electron chi connectivity index (χ1n) is 6.13. The van der Waals surface area contributed by atoms with E-state index in [1.54, 1.807) is 0 Å². The van der Waals surface area contributed by atoms with Crippen molar-refractivity contribution >= 4 is 7.26 Å². The number of rotatable bonds is 5. The Morgan fingerprint density at radius 1 is 0.929 bits per heavy atom. The lowest BCUT2D eigenvalue weighted by Gasteiger charge is -2.45. The second-order valence-electron chi connectivity index (χ2n) is 5.60. The Kier molecular flexibility index (Phi) is 5.12. The van der Waals surface area contributed by atoms with Crippen LogP contribution in [-0.4, -0.2) is 22.6 Å². The van der Waals surface area contributed by atoms with Gasteiger partial charge in [-0.05, 0) is 54.9 Å². The molecular weight excluding hydrogens is 187 g/mol. The third-order valence-corrected chi connectivity index (χ3v) is 11.7. The van der Waals surface area contributed by atoms with Gasteiger partial charge in [0.05, 0.1) is 22.6 Å². The Bertz CT molecular complexity index is 160. The van der Waals surface area contributed by atoms with Gasteiger partial charge in [-0.15, -0.1) is 0 Å². The minimum absolute atomic E-state index is 0.560. The van der Waals surface area contributed by atoms with E-state index in [2.05, 4.69) is 55.4 Å². The Morgan fingerprint density at radius 2 is 1.29 bits per heavy atom. The van der Waals surface area contributed by atoms with Crippen LogP contribution in [0.25, 0.3) is 0 Å². The van der Waals surface area contributed by atoms with Crippen molar-refractivity contribution in [3.63, 3.8) is 0 Å². The molecule has 0 radical (unpaired) electrons. The zero-order valence-electron chi connectivity index (χ0n) is 11.5. The van der Waals surface area contributed by atoms with E-state index in [0.717, 1.165) is 11.3 Å². The van der Waals surface area contributed by atoms with E-state index < -0.39 is 7.26 Å². The molecule has 0 N–H and O–H groups in total. The van der Waals surface area contributed by atoms with Crippen molar-refractivity contribution in [2.45, 2.75) is 78.3 Å². The molecule has 1 heteroatoms. The molecule has 0 saturated carbocycles. The maximum Gasteiger partial charge on any atom is 0.0745 e. The molecule has 0 bridgehead atoms. The quantitative estimate of drug-likeness (QED) is 0.567. The monoisotopic (exact) mass is 217 g/mol. The average Bonchev–Trinajstić information content (AvgIpc) is 2.04. The van der Waals surface area contributed by atoms with Gasteiger partial charge in [0.2, 0.25) is 0 Å². The largest absolute Gasteiger partial charge is 0.0745 e. The summed E-state index contributed by atoms with van der Waals surface area (Å²) in [5, 5.41) is 0.560. The van der Waals surface area contributed by atoms with E-state index in [-0.39, 0.29) is 0 Å². The van der Waals surface area contributed by atoms with Crippen LogP contribution in [0.5, 0.6) is 0 Å². The molecule has 86 valence electrons. The van der Waals surface area contributed by atoms with E-state index in [1.165, 1.54) is 12.6 Å². The van der Waals surface area contributed by atoms with Crippen LogP contribution in [0.15, 0.2) is 0 Å². The van der Waals surface area contributed by atoms with Crippen molar-refractivity contribution in [2.24, 2.45) is 0 Å². The summed E-state index contributed by atoms with van der Waals surface area (Å²) in [5.74, 6) is 0. The highest BCUT2D eigenvalue weighted by Gasteiger charge is 2.53. The van der Waals surface area contributed by atoms with Gasteiger partial charge in [-0.3, -0.25) is 0 Å². The number of hydrogen-bond donors (Lipinski definition) is 0. The molecular formula is C13H30P+. The second kappa shape index (κ2) is 4.97. The van der Waals surface area contributed by atoms with Gasteiger partial charge in [0.25, 0.3) is 0 Å². The molecule has 0 aliphatic heterocycles. The first-order valence-corrected chi connectivity index (χ1v) is 8.25. The predicted molar refractivity (Wildman–Crippen MR) is 72.1 cm³/mol. The third-order valence-electron chi connectivity index (χ3n) is 4.36. The summed E-state index contributed by atoms with van der Waals surface area (Å²) >= 11 is 0. The van der Waals surface area contributed by atoms with Crippen LogP contribution in [-0.2, 0) is 0 Å². The highest BCUT2D eigenvalue weighted by Crippen LogP contribution is 2.75. The maximum atomic E-state index is 2.49. The Morgan fingerprint density at radius 3 is 1.36 bits per heavy atom. The molecule has 0 saturated heterocycles. The lowest BCUT2D eigenvalue weighted by atomic mass is 10.1. The van der Waals surface area contributed by atoms with Crippen molar-refractivity contribution < 1.29 is 0 Å². The fourth-order valence-corrected chi connectivity index (χ4v) is 10.3. The van der Waals surface area contributed by atoms with Gasteiger partial charge in [-0.25, -0.2) is 0 Å². The van der Waals surface area contributed by atoms with E-state index in [9.17, 15) is 0 Å². The van der Waals surface area contributed by atoms with Gasteiger partial charge in [-0.2, -0.15) is 0 Å². The highest BCUT2D eigenvalue weighted by molar-refractivity contribution is 7.78. The van der Waals surface area contributed by atoms with Gasteiger partial charge in [0, 0.05) is 7.26 Å². The Labute approximate surface area is 92.2 Å². The van der Waals surface area contributed by atoms with Crippen molar-refractivity contribution in [1.82, 2.24) is 0 Å². The molecule has 0 aliphatic carbocycles. The van der Waals surface area contributed by atoms with Gasteiger partial charge in [-0.1, -0.05) is 6.92 Å². The Hall–Kier alpha value is 0.430. The van der Waals surface area contributed by atoms with Crippen LogP contribution in [0.2, 0.25) is 0 Å². The van der Waals surface area contributed by atoms with Crippen molar-refractivity contribution in [3.8, 4) is 0 Å². The summed E-state index contributed by atoms with van der Waals surface area (Å²) in [6, 6.07) is 0. The minimum atomic E-state index is -0.824. The zero-order valence-corrected chi connectivity index (χ0v) is 12.4. The first-order chi connectivity index (χ1) is 6.26. The van der Waals surface area contributed by atoms with E-state index in [0.29, 0.717) is 5.16 Å². The van der Waals surface area contributed by atoms with Gasteiger partial charge < -0.3 is 0 Å². The van der Waals surface area contributed by atoms with E-state index in [4.69, 9.17) is 0 Å². The van der Waals surface area contributed by atoms with Crippen LogP contribution < -0.4 is 0 Å². The van der Waals surface area contributed by atoms with E-state index >= 15 is 0 Å². The molecule has 0 aliphatic rings. The van der Waals surface area contributed by atoms with Crippen molar-refractivity contribution in [3.05, 3.63) is 0 Å². The standard InChI is InChI=1S/C13H30P/c1-9-13(7,8)14(10-2,11(3)4)12(5)6/h11-12H,9-10H2,1-8H3/q+1. The van der Waals surface area contributed by atoms with Crippen LogP contribution >= 0.6 is 7.26 Å². The molecule has 0 spiro atoms. The van der Waals surface area contributed by atoms with Crippen LogP contribution in [0.3, 0.4) is 0 Å². The summed E-state index contributed by atoms with van der Waals surface area (Å²) in [5.41, 5.74) is 1.75. The molecule has 0 aromatic carbocycles. The molecule has 0 atom stereocenters. The molecule has 0 aromatic heterocycles. The smallest absolute Gasteiger partial charge is 0.0614 e. The molecule has 0 nitrogen and oxygen atoms in total. The lowest BCUT2D eigenvalue weighted by molar-refractivity contribution is 0.638. The van der Waals surface area contributed by atoms with Gasteiger partial charge >= 0.3 is 0 Å². The second-order valence-corrected chi connectivity index (χ2v) is 11.4. The van der Waals surface area contributed by atoms with Crippen LogP contribution in [0.4, 0.5) is 0 Å². The topological polar surface area (TPSA) is 0 Å². The summed E-state index contributed by atoms with van der Waals surface area (Å²) in [6.45, 7) is 19.5.